The van der Waals surface area contributed by atoms with E-state index in [0.29, 0.717) is 36.0 Å². The fraction of sp³-hybridized carbons (Fsp3) is 0.875. The minimum absolute atomic E-state index is 0.0853. The molecule has 0 amide bonds. The lowest BCUT2D eigenvalue weighted by molar-refractivity contribution is -0.0383. The molecule has 3 nitrogen and oxygen atoms in total. The van der Waals surface area contributed by atoms with Crippen LogP contribution in [0.25, 0.3) is 0 Å². The molecule has 8 unspecified atom stereocenters. The van der Waals surface area contributed by atoms with E-state index < -0.39 is 21.3 Å². The summed E-state index contributed by atoms with van der Waals surface area (Å²) in [5.74, 6) is 1.34. The molecule has 3 fully saturated rings. The molecule has 3 saturated carbocycles. The van der Waals surface area contributed by atoms with Gasteiger partial charge < -0.3 is 0 Å². The Morgan fingerprint density at radius 3 is 2.41 bits per heavy atom. The van der Waals surface area contributed by atoms with Gasteiger partial charge in [0.15, 0.2) is 0 Å². The summed E-state index contributed by atoms with van der Waals surface area (Å²) in [4.78, 5) is 0. The van der Waals surface area contributed by atoms with Crippen LogP contribution in [0.5, 0.6) is 0 Å². The quantitative estimate of drug-likeness (QED) is 0.486. The molecule has 124 valence electrons. The first-order valence-electron chi connectivity index (χ1n) is 8.28. The van der Waals surface area contributed by atoms with Gasteiger partial charge in [-0.2, -0.15) is 17.2 Å². The molecule has 4 rings (SSSR count). The van der Waals surface area contributed by atoms with Crippen molar-refractivity contribution in [2.75, 3.05) is 0 Å². The molecule has 22 heavy (non-hydrogen) atoms. The predicted molar refractivity (Wildman–Crippen MR) is 77.7 cm³/mol. The summed E-state index contributed by atoms with van der Waals surface area (Å²) >= 11 is 0. The van der Waals surface area contributed by atoms with Crippen molar-refractivity contribution >= 4 is 10.1 Å². The van der Waals surface area contributed by atoms with E-state index in [4.69, 9.17) is 4.55 Å². The van der Waals surface area contributed by atoms with Gasteiger partial charge >= 0.3 is 15.4 Å². The van der Waals surface area contributed by atoms with Crippen LogP contribution in [0.4, 0.5) is 8.78 Å². The van der Waals surface area contributed by atoms with Crippen molar-refractivity contribution in [3.05, 3.63) is 12.2 Å². The predicted octanol–water partition coefficient (Wildman–Crippen LogP) is 3.59. The van der Waals surface area contributed by atoms with Gasteiger partial charge in [0, 0.05) is 5.92 Å². The van der Waals surface area contributed by atoms with Crippen molar-refractivity contribution in [2.45, 2.75) is 37.9 Å². The maximum Gasteiger partial charge on any atom is 0.372 e. The van der Waals surface area contributed by atoms with Crippen molar-refractivity contribution in [2.24, 2.45) is 47.3 Å². The molecule has 0 aromatic heterocycles. The molecular formula is C16H22F2O3S. The average Bonchev–Trinajstić information content (AvgIpc) is 3.16. The maximum absolute atomic E-state index is 14.3. The molecular weight excluding hydrogens is 310 g/mol. The number of hydrogen-bond acceptors (Lipinski definition) is 2. The first-order chi connectivity index (χ1) is 10.3. The highest BCUT2D eigenvalue weighted by Crippen LogP contribution is 2.69. The molecule has 0 aromatic rings. The van der Waals surface area contributed by atoms with Crippen LogP contribution in [-0.4, -0.2) is 18.2 Å². The third-order valence-electron chi connectivity index (χ3n) is 7.05. The van der Waals surface area contributed by atoms with E-state index in [1.807, 2.05) is 0 Å². The van der Waals surface area contributed by atoms with E-state index in [1.54, 1.807) is 6.92 Å². The summed E-state index contributed by atoms with van der Waals surface area (Å²) in [5.41, 5.74) is 0. The van der Waals surface area contributed by atoms with Crippen LogP contribution in [0.15, 0.2) is 12.2 Å². The smallest absolute Gasteiger partial charge is 0.281 e. The number of allylic oxidation sites excluding steroid dienone is 2. The highest BCUT2D eigenvalue weighted by Gasteiger charge is 2.65. The molecule has 4 bridgehead atoms. The van der Waals surface area contributed by atoms with Gasteiger partial charge in [0.25, 0.3) is 0 Å². The number of halogens is 2. The van der Waals surface area contributed by atoms with Crippen LogP contribution in [0.2, 0.25) is 0 Å². The standard InChI is InChI=1S/C16H22F2O3S/c1-2-13(16(17,18)22(19,20)21)11-6-10-7-12(11)15-9-4-3-8(5-9)14(10)15/h3-4,8-15H,2,5-7H2,1H3,(H,19,20,21). The number of fused-ring (bicyclic) bond motifs is 9. The molecule has 8 atom stereocenters. The van der Waals surface area contributed by atoms with Crippen molar-refractivity contribution in [1.29, 1.82) is 0 Å². The molecule has 0 spiro atoms. The molecule has 1 N–H and O–H groups in total. The van der Waals surface area contributed by atoms with Gasteiger partial charge in [-0.05, 0) is 67.1 Å². The van der Waals surface area contributed by atoms with E-state index in [2.05, 4.69) is 12.2 Å². The van der Waals surface area contributed by atoms with Crippen molar-refractivity contribution in [3.63, 3.8) is 0 Å². The topological polar surface area (TPSA) is 54.4 Å². The van der Waals surface area contributed by atoms with Crippen molar-refractivity contribution < 1.29 is 21.8 Å². The Balaban J connectivity index is 1.64. The van der Waals surface area contributed by atoms with Gasteiger partial charge in [0.1, 0.15) is 0 Å². The minimum atomic E-state index is -5.35. The molecule has 0 saturated heterocycles. The summed E-state index contributed by atoms with van der Waals surface area (Å²) in [6.45, 7) is 1.61. The maximum atomic E-state index is 14.3. The monoisotopic (exact) mass is 332 g/mol. The summed E-state index contributed by atoms with van der Waals surface area (Å²) in [6.07, 6.45) is 7.44. The van der Waals surface area contributed by atoms with Gasteiger partial charge in [0.05, 0.1) is 0 Å². The fourth-order valence-corrected chi connectivity index (χ4v) is 7.23. The Morgan fingerprint density at radius 2 is 1.82 bits per heavy atom. The highest BCUT2D eigenvalue weighted by atomic mass is 32.2. The Morgan fingerprint density at radius 1 is 1.18 bits per heavy atom. The lowest BCUT2D eigenvalue weighted by Gasteiger charge is -2.41. The van der Waals surface area contributed by atoms with Crippen LogP contribution in [0.1, 0.15) is 32.6 Å². The van der Waals surface area contributed by atoms with E-state index in [-0.39, 0.29) is 18.3 Å². The molecule has 4 aliphatic carbocycles. The van der Waals surface area contributed by atoms with Crippen LogP contribution in [0.3, 0.4) is 0 Å². The third kappa shape index (κ3) is 1.77. The summed E-state index contributed by atoms with van der Waals surface area (Å²) in [7, 11) is -5.35. The third-order valence-corrected chi connectivity index (χ3v) is 8.04. The normalized spacial score (nSPS) is 47.2. The van der Waals surface area contributed by atoms with Crippen LogP contribution >= 0.6 is 0 Å². The Hall–Kier alpha value is -0.490. The lowest BCUT2D eigenvalue weighted by atomic mass is 9.66. The van der Waals surface area contributed by atoms with Gasteiger partial charge in [-0.15, -0.1) is 0 Å². The molecule has 0 aromatic carbocycles. The van der Waals surface area contributed by atoms with Gasteiger partial charge in [-0.3, -0.25) is 4.55 Å². The zero-order valence-corrected chi connectivity index (χ0v) is 13.3. The molecule has 4 aliphatic rings. The van der Waals surface area contributed by atoms with Gasteiger partial charge in [-0.1, -0.05) is 19.1 Å². The molecule has 0 aliphatic heterocycles. The summed E-state index contributed by atoms with van der Waals surface area (Å²) < 4.78 is 59.8. The van der Waals surface area contributed by atoms with Gasteiger partial charge in [0.2, 0.25) is 0 Å². The van der Waals surface area contributed by atoms with E-state index >= 15 is 0 Å². The lowest BCUT2D eigenvalue weighted by Crippen LogP contribution is -2.44. The number of rotatable bonds is 4. The number of alkyl halides is 2. The Kier molecular flexibility index (Phi) is 3.10. The largest absolute Gasteiger partial charge is 0.372 e. The minimum Gasteiger partial charge on any atom is -0.281 e. The zero-order valence-electron chi connectivity index (χ0n) is 12.5. The highest BCUT2D eigenvalue weighted by molar-refractivity contribution is 7.86. The molecule has 0 heterocycles. The average molecular weight is 332 g/mol. The summed E-state index contributed by atoms with van der Waals surface area (Å²) in [5, 5.41) is -4.03. The van der Waals surface area contributed by atoms with E-state index in [1.165, 1.54) is 0 Å². The van der Waals surface area contributed by atoms with E-state index in [9.17, 15) is 17.2 Å². The van der Waals surface area contributed by atoms with Crippen molar-refractivity contribution in [3.8, 4) is 0 Å². The van der Waals surface area contributed by atoms with Crippen molar-refractivity contribution in [1.82, 2.24) is 0 Å². The van der Waals surface area contributed by atoms with Crippen LogP contribution < -0.4 is 0 Å². The van der Waals surface area contributed by atoms with Gasteiger partial charge in [-0.25, -0.2) is 0 Å². The molecule has 0 radical (unpaired) electrons. The second-order valence-corrected chi connectivity index (χ2v) is 9.21. The number of hydrogen-bond donors (Lipinski definition) is 1. The van der Waals surface area contributed by atoms with Crippen LogP contribution in [-0.2, 0) is 10.1 Å². The van der Waals surface area contributed by atoms with E-state index in [0.717, 1.165) is 12.8 Å². The zero-order chi connectivity index (χ0) is 15.9. The summed E-state index contributed by atoms with van der Waals surface area (Å²) in [6, 6.07) is 0. The Labute approximate surface area is 129 Å². The molecule has 6 heteroatoms. The first-order valence-corrected chi connectivity index (χ1v) is 9.72. The first kappa shape index (κ1) is 15.1. The SMILES string of the molecule is CCC(C1CC2CC1C1C3C=CC(C3)C21)C(F)(F)S(=O)(=O)O. The second-order valence-electron chi connectivity index (χ2n) is 7.71. The second kappa shape index (κ2) is 4.53. The fourth-order valence-electron chi connectivity index (χ4n) is 6.51. The Bertz CT molecular complexity index is 615. The van der Waals surface area contributed by atoms with Crippen LogP contribution in [0, 0.1) is 47.3 Å².